The summed E-state index contributed by atoms with van der Waals surface area (Å²) in [6, 6.07) is 11.5. The van der Waals surface area contributed by atoms with Gasteiger partial charge in [0.15, 0.2) is 5.82 Å². The molecule has 1 aromatic heterocycles. The van der Waals surface area contributed by atoms with Crippen LogP contribution in [0.5, 0.6) is 17.2 Å². The van der Waals surface area contributed by atoms with Crippen molar-refractivity contribution < 1.29 is 9.47 Å². The van der Waals surface area contributed by atoms with Crippen LogP contribution in [0.4, 0.5) is 0 Å². The number of benzene rings is 2. The third kappa shape index (κ3) is 3.99. The van der Waals surface area contributed by atoms with Crippen molar-refractivity contribution >= 4 is 23.2 Å². The molecule has 132 valence electrons. The number of nitrogens with zero attached hydrogens (tertiary/aromatic N) is 3. The van der Waals surface area contributed by atoms with Crippen LogP contribution in [0.2, 0.25) is 10.0 Å². The summed E-state index contributed by atoms with van der Waals surface area (Å²) >= 11 is 12.1. The van der Waals surface area contributed by atoms with Crippen LogP contribution >= 0.6 is 23.2 Å². The Balaban J connectivity index is 1.79. The molecule has 0 amide bonds. The number of H-pyrrole nitrogens is 1. The minimum Gasteiger partial charge on any atom is -0.485 e. The molecule has 0 aliphatic heterocycles. The van der Waals surface area contributed by atoms with Crippen LogP contribution in [0.3, 0.4) is 0 Å². The highest BCUT2D eigenvalue weighted by atomic mass is 35.5. The molecule has 7 nitrogen and oxygen atoms in total. The standard InChI is InChI=1S/C17H12Cl2N4O3/c1-23-16(21-22-17(23)24)9-25-12-2-3-14(19)15(7-12)26-13-5-10(8-20)4-11(18)6-13/h2-7H,9H2,1H3,(H,22,24). The Morgan fingerprint density at radius 2 is 2.04 bits per heavy atom. The molecule has 9 heteroatoms. The van der Waals surface area contributed by atoms with Gasteiger partial charge < -0.3 is 9.47 Å². The molecule has 1 N–H and O–H groups in total. The lowest BCUT2D eigenvalue weighted by Gasteiger charge is -2.11. The molecule has 0 bridgehead atoms. The number of nitrogens with one attached hydrogen (secondary N) is 1. The monoisotopic (exact) mass is 390 g/mol. The van der Waals surface area contributed by atoms with Crippen LogP contribution < -0.4 is 15.2 Å². The average molecular weight is 391 g/mol. The predicted octanol–water partition coefficient (Wildman–Crippen LogP) is 3.66. The summed E-state index contributed by atoms with van der Waals surface area (Å²) in [6.07, 6.45) is 0. The molecule has 3 aromatic rings. The van der Waals surface area contributed by atoms with Gasteiger partial charge in [0, 0.05) is 18.1 Å². The Kier molecular flexibility index (Phi) is 5.16. The van der Waals surface area contributed by atoms with Crippen LogP contribution in [-0.2, 0) is 13.7 Å². The predicted molar refractivity (Wildman–Crippen MR) is 95.9 cm³/mol. The second kappa shape index (κ2) is 7.52. The number of nitriles is 1. The maximum atomic E-state index is 11.4. The van der Waals surface area contributed by atoms with E-state index in [4.69, 9.17) is 37.9 Å². The molecule has 0 atom stereocenters. The number of aromatic amines is 1. The molecule has 0 aliphatic carbocycles. The van der Waals surface area contributed by atoms with E-state index in [1.807, 2.05) is 6.07 Å². The van der Waals surface area contributed by atoms with E-state index in [1.165, 1.54) is 10.6 Å². The molecule has 1 heterocycles. The lowest BCUT2D eigenvalue weighted by atomic mass is 10.2. The van der Waals surface area contributed by atoms with Crippen molar-refractivity contribution in [3.8, 4) is 23.3 Å². The van der Waals surface area contributed by atoms with E-state index in [2.05, 4.69) is 10.2 Å². The highest BCUT2D eigenvalue weighted by Crippen LogP contribution is 2.34. The Bertz CT molecular complexity index is 1050. The number of halogens is 2. The molecule has 0 radical (unpaired) electrons. The summed E-state index contributed by atoms with van der Waals surface area (Å²) < 4.78 is 12.7. The van der Waals surface area contributed by atoms with Gasteiger partial charge in [0.2, 0.25) is 0 Å². The maximum absolute atomic E-state index is 11.4. The fourth-order valence-corrected chi connectivity index (χ4v) is 2.50. The molecule has 0 fully saturated rings. The van der Waals surface area contributed by atoms with Crippen LogP contribution in [0.1, 0.15) is 11.4 Å². The van der Waals surface area contributed by atoms with Crippen LogP contribution in [-0.4, -0.2) is 14.8 Å². The topological polar surface area (TPSA) is 92.9 Å². The van der Waals surface area contributed by atoms with Crippen molar-refractivity contribution in [1.29, 1.82) is 5.26 Å². The molecule has 26 heavy (non-hydrogen) atoms. The van der Waals surface area contributed by atoms with Crippen molar-refractivity contribution in [1.82, 2.24) is 14.8 Å². The first kappa shape index (κ1) is 17.9. The lowest BCUT2D eigenvalue weighted by molar-refractivity contribution is 0.289. The van der Waals surface area contributed by atoms with E-state index in [1.54, 1.807) is 37.4 Å². The summed E-state index contributed by atoms with van der Waals surface area (Å²) in [5.41, 5.74) is 0.0495. The van der Waals surface area contributed by atoms with Crippen molar-refractivity contribution in [2.45, 2.75) is 6.61 Å². The van der Waals surface area contributed by atoms with E-state index in [-0.39, 0.29) is 12.3 Å². The van der Waals surface area contributed by atoms with Gasteiger partial charge in [0.25, 0.3) is 0 Å². The average Bonchev–Trinajstić information content (AvgIpc) is 2.93. The number of hydrogen-bond acceptors (Lipinski definition) is 5. The van der Waals surface area contributed by atoms with Crippen LogP contribution in [0.15, 0.2) is 41.2 Å². The summed E-state index contributed by atoms with van der Waals surface area (Å²) in [5, 5.41) is 16.0. The highest BCUT2D eigenvalue weighted by molar-refractivity contribution is 6.32. The first-order chi connectivity index (χ1) is 12.5. The summed E-state index contributed by atoms with van der Waals surface area (Å²) in [4.78, 5) is 11.4. The Labute approximate surface area is 158 Å². The quantitative estimate of drug-likeness (QED) is 0.717. The number of rotatable bonds is 5. The number of ether oxygens (including phenoxy) is 2. The zero-order valence-electron chi connectivity index (χ0n) is 13.5. The smallest absolute Gasteiger partial charge is 0.343 e. The van der Waals surface area contributed by atoms with Crippen molar-refractivity contribution in [2.75, 3.05) is 0 Å². The van der Waals surface area contributed by atoms with Gasteiger partial charge in [-0.1, -0.05) is 23.2 Å². The Morgan fingerprint density at radius 3 is 2.73 bits per heavy atom. The van der Waals surface area contributed by atoms with Gasteiger partial charge in [-0.3, -0.25) is 4.57 Å². The Hall–Kier alpha value is -2.95. The fraction of sp³-hybridized carbons (Fsp3) is 0.118. The van der Waals surface area contributed by atoms with E-state index in [9.17, 15) is 4.79 Å². The molecule has 3 rings (SSSR count). The zero-order valence-corrected chi connectivity index (χ0v) is 15.0. The van der Waals surface area contributed by atoms with Crippen LogP contribution in [0, 0.1) is 11.3 Å². The van der Waals surface area contributed by atoms with Gasteiger partial charge in [0.05, 0.1) is 16.7 Å². The van der Waals surface area contributed by atoms with E-state index >= 15 is 0 Å². The normalized spacial score (nSPS) is 10.4. The molecule has 0 saturated heterocycles. The largest absolute Gasteiger partial charge is 0.485 e. The first-order valence-electron chi connectivity index (χ1n) is 7.37. The van der Waals surface area contributed by atoms with E-state index in [0.29, 0.717) is 38.7 Å². The summed E-state index contributed by atoms with van der Waals surface area (Å²) in [7, 11) is 1.59. The number of hydrogen-bond donors (Lipinski definition) is 1. The SMILES string of the molecule is Cn1c(COc2ccc(Cl)c(Oc3cc(Cl)cc(C#N)c3)c2)n[nH]c1=O. The first-order valence-corrected chi connectivity index (χ1v) is 8.13. The molecule has 0 aliphatic rings. The van der Waals surface area contributed by atoms with Crippen molar-refractivity contribution in [2.24, 2.45) is 7.05 Å². The molecule has 2 aromatic carbocycles. The van der Waals surface area contributed by atoms with Gasteiger partial charge in [-0.05, 0) is 30.3 Å². The third-order valence-corrected chi connectivity index (χ3v) is 4.00. The lowest BCUT2D eigenvalue weighted by Crippen LogP contribution is -2.15. The maximum Gasteiger partial charge on any atom is 0.343 e. The Morgan fingerprint density at radius 1 is 1.23 bits per heavy atom. The fourth-order valence-electron chi connectivity index (χ4n) is 2.12. The van der Waals surface area contributed by atoms with Gasteiger partial charge in [-0.2, -0.15) is 10.4 Å². The number of aromatic nitrogens is 3. The molecule has 0 saturated carbocycles. The molecular weight excluding hydrogens is 379 g/mol. The molecular formula is C17H12Cl2N4O3. The van der Waals surface area contributed by atoms with Gasteiger partial charge in [-0.25, -0.2) is 9.89 Å². The third-order valence-electron chi connectivity index (χ3n) is 3.47. The minimum absolute atomic E-state index is 0.0893. The van der Waals surface area contributed by atoms with Crippen molar-refractivity contribution in [3.05, 3.63) is 68.3 Å². The highest BCUT2D eigenvalue weighted by Gasteiger charge is 2.10. The van der Waals surface area contributed by atoms with E-state index in [0.717, 1.165) is 0 Å². The van der Waals surface area contributed by atoms with Gasteiger partial charge in [0.1, 0.15) is 23.9 Å². The van der Waals surface area contributed by atoms with Gasteiger partial charge in [-0.15, -0.1) is 0 Å². The summed E-state index contributed by atoms with van der Waals surface area (Å²) in [6.45, 7) is 0.0893. The second-order valence-electron chi connectivity index (χ2n) is 5.27. The molecule has 0 spiro atoms. The second-order valence-corrected chi connectivity index (χ2v) is 6.12. The summed E-state index contributed by atoms with van der Waals surface area (Å²) in [5.74, 6) is 1.64. The zero-order chi connectivity index (χ0) is 18.7. The van der Waals surface area contributed by atoms with E-state index < -0.39 is 0 Å². The van der Waals surface area contributed by atoms with Crippen molar-refractivity contribution in [3.63, 3.8) is 0 Å². The molecule has 0 unspecified atom stereocenters. The van der Waals surface area contributed by atoms with Crippen LogP contribution in [0.25, 0.3) is 0 Å². The van der Waals surface area contributed by atoms with Gasteiger partial charge >= 0.3 is 5.69 Å². The minimum atomic E-state index is -0.321.